The van der Waals surface area contributed by atoms with Gasteiger partial charge in [-0.2, -0.15) is 0 Å². The topological polar surface area (TPSA) is 52.9 Å². The maximum atomic E-state index is 9.19. The van der Waals surface area contributed by atoms with E-state index in [1.807, 2.05) is 11.8 Å². The van der Waals surface area contributed by atoms with Gasteiger partial charge in [0.15, 0.2) is 0 Å². The van der Waals surface area contributed by atoms with Crippen molar-refractivity contribution in [1.29, 1.82) is 0 Å². The highest BCUT2D eigenvalue weighted by atomic mass is 16.5. The van der Waals surface area contributed by atoms with E-state index < -0.39 is 12.2 Å². The molecule has 2 unspecified atom stereocenters. The van der Waals surface area contributed by atoms with Crippen molar-refractivity contribution in [3.05, 3.63) is 0 Å². The molecule has 0 aromatic heterocycles. The predicted octanol–water partition coefficient (Wildman–Crippen LogP) is -0.940. The summed E-state index contributed by atoms with van der Waals surface area (Å²) in [5.41, 5.74) is 0. The van der Waals surface area contributed by atoms with Gasteiger partial charge in [0.2, 0.25) is 0 Å². The summed E-state index contributed by atoms with van der Waals surface area (Å²) in [6, 6.07) is 0. The molecule has 0 aliphatic carbocycles. The van der Waals surface area contributed by atoms with Gasteiger partial charge >= 0.3 is 0 Å². The lowest BCUT2D eigenvalue weighted by atomic mass is 10.3. The van der Waals surface area contributed by atoms with E-state index in [2.05, 4.69) is 0 Å². The molecule has 0 saturated carbocycles. The Hall–Kier alpha value is -0.160. The fourth-order valence-corrected chi connectivity index (χ4v) is 1.37. The van der Waals surface area contributed by atoms with Gasteiger partial charge in [-0.25, -0.2) is 0 Å². The fourth-order valence-electron chi connectivity index (χ4n) is 1.37. The van der Waals surface area contributed by atoms with Crippen molar-refractivity contribution in [3.63, 3.8) is 0 Å². The molecule has 1 aliphatic rings. The molecule has 4 nitrogen and oxygen atoms in total. The van der Waals surface area contributed by atoms with Crippen LogP contribution in [0.2, 0.25) is 0 Å². The monoisotopic (exact) mass is 175 g/mol. The Morgan fingerprint density at radius 3 is 2.42 bits per heavy atom. The van der Waals surface area contributed by atoms with Crippen LogP contribution < -0.4 is 0 Å². The van der Waals surface area contributed by atoms with Crippen LogP contribution in [-0.2, 0) is 4.74 Å². The van der Waals surface area contributed by atoms with Gasteiger partial charge < -0.3 is 14.9 Å². The molecular weight excluding hydrogens is 158 g/mol. The van der Waals surface area contributed by atoms with E-state index >= 15 is 0 Å². The molecule has 4 heteroatoms. The lowest BCUT2D eigenvalue weighted by Gasteiger charge is -2.13. The largest absolute Gasteiger partial charge is 0.389 e. The third kappa shape index (κ3) is 2.71. The maximum absolute atomic E-state index is 9.19. The number of hydrogen-bond acceptors (Lipinski definition) is 4. The summed E-state index contributed by atoms with van der Waals surface area (Å²) in [4.78, 5) is 2.00. The van der Waals surface area contributed by atoms with Crippen LogP contribution in [0.3, 0.4) is 0 Å². The van der Waals surface area contributed by atoms with E-state index in [-0.39, 0.29) is 0 Å². The Balaban J connectivity index is 2.10. The van der Waals surface area contributed by atoms with E-state index in [0.29, 0.717) is 19.7 Å². The molecule has 1 aliphatic heterocycles. The third-order valence-electron chi connectivity index (χ3n) is 2.09. The zero-order valence-electron chi connectivity index (χ0n) is 7.44. The van der Waals surface area contributed by atoms with Crippen LogP contribution in [0.1, 0.15) is 6.92 Å². The van der Waals surface area contributed by atoms with E-state index in [9.17, 15) is 10.2 Å². The molecule has 0 radical (unpaired) electrons. The van der Waals surface area contributed by atoms with Crippen molar-refractivity contribution in [2.45, 2.75) is 19.1 Å². The van der Waals surface area contributed by atoms with Crippen LogP contribution in [0.5, 0.6) is 0 Å². The quantitative estimate of drug-likeness (QED) is 0.541. The first-order chi connectivity index (χ1) is 5.74. The zero-order valence-corrected chi connectivity index (χ0v) is 7.44. The average Bonchev–Trinajstić information content (AvgIpc) is 2.32. The second-order valence-electron chi connectivity index (χ2n) is 3.09. The number of rotatable bonds is 4. The summed E-state index contributed by atoms with van der Waals surface area (Å²) in [5, 5.41) is 18.4. The van der Waals surface area contributed by atoms with Crippen molar-refractivity contribution >= 4 is 0 Å². The average molecular weight is 175 g/mol. The first-order valence-corrected chi connectivity index (χ1v) is 4.40. The Bertz CT molecular complexity index is 121. The second kappa shape index (κ2) is 4.77. The van der Waals surface area contributed by atoms with Gasteiger partial charge in [0, 0.05) is 26.2 Å². The molecule has 0 aromatic carbocycles. The normalized spacial score (nSPS) is 31.2. The molecule has 2 atom stereocenters. The summed E-state index contributed by atoms with van der Waals surface area (Å²) in [7, 11) is 0. The van der Waals surface area contributed by atoms with Gasteiger partial charge in [-0.15, -0.1) is 0 Å². The van der Waals surface area contributed by atoms with Gasteiger partial charge in [0.05, 0.1) is 18.8 Å². The molecular formula is C8H17NO3. The Morgan fingerprint density at radius 1 is 1.33 bits per heavy atom. The van der Waals surface area contributed by atoms with Crippen LogP contribution in [0.25, 0.3) is 0 Å². The molecule has 0 spiro atoms. The van der Waals surface area contributed by atoms with E-state index in [0.717, 1.165) is 13.2 Å². The summed E-state index contributed by atoms with van der Waals surface area (Å²) in [5.74, 6) is 0. The van der Waals surface area contributed by atoms with E-state index in [4.69, 9.17) is 4.74 Å². The number of likely N-dealkylation sites (tertiary alicyclic amines) is 1. The minimum Gasteiger partial charge on any atom is -0.389 e. The number of β-amino-alcohol motifs (C(OH)–C–C–N with tert-alkyl or cyclic N) is 2. The van der Waals surface area contributed by atoms with Crippen LogP contribution in [-0.4, -0.2) is 60.2 Å². The third-order valence-corrected chi connectivity index (χ3v) is 2.09. The summed E-state index contributed by atoms with van der Waals surface area (Å²) in [6.07, 6.45) is -1.15. The Kier molecular flexibility index (Phi) is 3.94. The number of ether oxygens (including phenoxy) is 1. The molecule has 12 heavy (non-hydrogen) atoms. The highest BCUT2D eigenvalue weighted by Gasteiger charge is 2.28. The summed E-state index contributed by atoms with van der Waals surface area (Å²) in [6.45, 7) is 5.27. The van der Waals surface area contributed by atoms with Crippen molar-refractivity contribution in [1.82, 2.24) is 4.90 Å². The highest BCUT2D eigenvalue weighted by molar-refractivity contribution is 4.82. The van der Waals surface area contributed by atoms with Crippen LogP contribution in [0.15, 0.2) is 0 Å². The highest BCUT2D eigenvalue weighted by Crippen LogP contribution is 2.08. The van der Waals surface area contributed by atoms with Crippen LogP contribution >= 0.6 is 0 Å². The van der Waals surface area contributed by atoms with E-state index in [1.54, 1.807) is 0 Å². The van der Waals surface area contributed by atoms with Crippen molar-refractivity contribution in [3.8, 4) is 0 Å². The van der Waals surface area contributed by atoms with Crippen molar-refractivity contribution in [2.24, 2.45) is 0 Å². The van der Waals surface area contributed by atoms with Crippen LogP contribution in [0, 0.1) is 0 Å². The van der Waals surface area contributed by atoms with Gasteiger partial charge in [-0.1, -0.05) is 0 Å². The zero-order chi connectivity index (χ0) is 8.97. The molecule has 1 rings (SSSR count). The van der Waals surface area contributed by atoms with Crippen LogP contribution in [0.4, 0.5) is 0 Å². The van der Waals surface area contributed by atoms with Crippen molar-refractivity contribution < 1.29 is 14.9 Å². The Morgan fingerprint density at radius 2 is 1.92 bits per heavy atom. The summed E-state index contributed by atoms with van der Waals surface area (Å²) >= 11 is 0. The maximum Gasteiger partial charge on any atom is 0.0938 e. The number of aliphatic hydroxyl groups is 2. The second-order valence-corrected chi connectivity index (χ2v) is 3.09. The molecule has 1 saturated heterocycles. The lowest BCUT2D eigenvalue weighted by Crippen LogP contribution is -2.26. The minimum atomic E-state index is -0.577. The molecule has 0 bridgehead atoms. The molecule has 0 amide bonds. The van der Waals surface area contributed by atoms with Gasteiger partial charge in [0.25, 0.3) is 0 Å². The first-order valence-electron chi connectivity index (χ1n) is 4.40. The smallest absolute Gasteiger partial charge is 0.0938 e. The molecule has 0 aromatic rings. The van der Waals surface area contributed by atoms with Crippen molar-refractivity contribution in [2.75, 3.05) is 32.8 Å². The number of hydrogen-bond donors (Lipinski definition) is 2. The molecule has 72 valence electrons. The predicted molar refractivity (Wildman–Crippen MR) is 44.9 cm³/mol. The fraction of sp³-hybridized carbons (Fsp3) is 1.00. The van der Waals surface area contributed by atoms with E-state index in [1.165, 1.54) is 0 Å². The number of nitrogens with zero attached hydrogens (tertiary/aromatic N) is 1. The van der Waals surface area contributed by atoms with Gasteiger partial charge in [-0.05, 0) is 6.92 Å². The lowest BCUT2D eigenvalue weighted by molar-refractivity contribution is 0.0572. The van der Waals surface area contributed by atoms with Gasteiger partial charge in [-0.3, -0.25) is 4.90 Å². The van der Waals surface area contributed by atoms with Gasteiger partial charge in [0.1, 0.15) is 0 Å². The standard InChI is InChI=1S/C8H17NO3/c1-2-12-4-3-9-5-7(10)8(11)6-9/h7-8,10-11H,2-6H2,1H3. The summed E-state index contributed by atoms with van der Waals surface area (Å²) < 4.78 is 5.16. The Labute approximate surface area is 72.7 Å². The minimum absolute atomic E-state index is 0.564. The molecule has 1 heterocycles. The number of aliphatic hydroxyl groups excluding tert-OH is 2. The first kappa shape index (κ1) is 9.92. The molecule has 1 fully saturated rings. The SMILES string of the molecule is CCOCCN1CC(O)C(O)C1. The molecule has 2 N–H and O–H groups in total.